The molecule has 0 bridgehead atoms. The Morgan fingerprint density at radius 3 is 2.29 bits per heavy atom. The van der Waals surface area contributed by atoms with Gasteiger partial charge in [0.15, 0.2) is 6.29 Å². The number of hydrogen-bond donors (Lipinski definition) is 8. The summed E-state index contributed by atoms with van der Waals surface area (Å²) in [6, 6.07) is -2.37. The first-order valence-corrected chi connectivity index (χ1v) is 10.6. The molecule has 0 aromatic carbocycles. The van der Waals surface area contributed by atoms with Gasteiger partial charge in [-0.25, -0.2) is 0 Å². The molecule has 2 fully saturated rings. The molecular formula is C19H37N5O7. The van der Waals surface area contributed by atoms with E-state index in [9.17, 15) is 15.3 Å². The lowest BCUT2D eigenvalue weighted by molar-refractivity contribution is -0.303. The molecule has 12 N–H and O–H groups in total. The van der Waals surface area contributed by atoms with Gasteiger partial charge in [0.05, 0.1) is 25.2 Å². The molecule has 0 radical (unpaired) electrons. The van der Waals surface area contributed by atoms with Crippen LogP contribution in [0.25, 0.3) is 0 Å². The van der Waals surface area contributed by atoms with Gasteiger partial charge in [-0.2, -0.15) is 0 Å². The first kappa shape index (κ1) is 24.7. The second kappa shape index (κ2) is 9.93. The Bertz CT molecular complexity index is 639. The molecule has 1 saturated carbocycles. The summed E-state index contributed by atoms with van der Waals surface area (Å²) in [5.41, 5.74) is 22.9. The van der Waals surface area contributed by atoms with Crippen LogP contribution in [0.4, 0.5) is 0 Å². The zero-order chi connectivity index (χ0) is 22.9. The molecule has 2 aliphatic heterocycles. The van der Waals surface area contributed by atoms with Gasteiger partial charge in [0.1, 0.15) is 35.8 Å². The third kappa shape index (κ3) is 5.20. The number of nitrogens with one attached hydrogen (secondary N) is 1. The highest BCUT2D eigenvalue weighted by atomic mass is 16.7. The van der Waals surface area contributed by atoms with Crippen molar-refractivity contribution < 1.29 is 34.3 Å². The number of hydrogen-bond acceptors (Lipinski definition) is 12. The maximum atomic E-state index is 11.0. The zero-order valence-electron chi connectivity index (χ0n) is 18.0. The van der Waals surface area contributed by atoms with E-state index in [2.05, 4.69) is 5.32 Å². The van der Waals surface area contributed by atoms with Crippen LogP contribution in [0.5, 0.6) is 0 Å². The fraction of sp³-hybridized carbons (Fsp3) is 0.895. The highest BCUT2D eigenvalue weighted by molar-refractivity contribution is 5.04. The van der Waals surface area contributed by atoms with Gasteiger partial charge in [-0.1, -0.05) is 0 Å². The van der Waals surface area contributed by atoms with E-state index in [1.807, 2.05) is 0 Å². The lowest BCUT2D eigenvalue weighted by Gasteiger charge is -2.48. The van der Waals surface area contributed by atoms with E-state index in [0.29, 0.717) is 18.6 Å². The minimum atomic E-state index is -1.29. The molecule has 12 heteroatoms. The number of aliphatic hydroxyl groups excluding tert-OH is 2. The molecule has 1 aliphatic carbocycles. The lowest BCUT2D eigenvalue weighted by Crippen LogP contribution is -2.68. The summed E-state index contributed by atoms with van der Waals surface area (Å²) >= 11 is 0. The number of rotatable bonds is 6. The normalized spacial score (nSPS) is 48.7. The first-order valence-electron chi connectivity index (χ1n) is 10.6. The van der Waals surface area contributed by atoms with Crippen LogP contribution in [0.1, 0.15) is 19.8 Å². The molecule has 3 aliphatic rings. The summed E-state index contributed by atoms with van der Waals surface area (Å²) in [4.78, 5) is 0. The van der Waals surface area contributed by atoms with E-state index in [0.717, 1.165) is 0 Å². The quantitative estimate of drug-likeness (QED) is 0.196. The van der Waals surface area contributed by atoms with Gasteiger partial charge in [-0.05, 0) is 32.9 Å². The van der Waals surface area contributed by atoms with Gasteiger partial charge >= 0.3 is 0 Å². The summed E-state index contributed by atoms with van der Waals surface area (Å²) in [5, 5.41) is 34.9. The van der Waals surface area contributed by atoms with Crippen molar-refractivity contribution in [3.05, 3.63) is 11.8 Å². The standard InChI is InChI=1S/C19H37N5O7/c1-19(27)7-28-18(13(26)16(19)24-2)31-15-11(23)5-10(22)14(12(15)25)30-17-9(21)4-3-8(6-20)29-17/h3,9-18,24-27H,4-7,20-23H2,1-2H3/t9?,10-,11-,12?,13?,14-,15?,16-,17-,18-,19+/m1/s1. The molecular weight excluding hydrogens is 410 g/mol. The van der Waals surface area contributed by atoms with Crippen LogP contribution in [-0.4, -0.2) is 102 Å². The topological polar surface area (TPSA) is 214 Å². The molecule has 1 saturated heterocycles. The van der Waals surface area contributed by atoms with E-state index in [1.54, 1.807) is 20.0 Å². The predicted octanol–water partition coefficient (Wildman–Crippen LogP) is -3.85. The number of likely N-dealkylation sites (N-methyl/N-ethyl adjacent to an activating group) is 1. The maximum absolute atomic E-state index is 11.0. The zero-order valence-corrected chi connectivity index (χ0v) is 18.0. The lowest BCUT2D eigenvalue weighted by atomic mass is 9.84. The van der Waals surface area contributed by atoms with Gasteiger partial charge in [-0.15, -0.1) is 0 Å². The summed E-state index contributed by atoms with van der Waals surface area (Å²) in [6.07, 6.45) is -3.56. The summed E-state index contributed by atoms with van der Waals surface area (Å²) in [7, 11) is 1.62. The van der Waals surface area contributed by atoms with Crippen molar-refractivity contribution >= 4 is 0 Å². The van der Waals surface area contributed by atoms with Gasteiger partial charge in [0, 0.05) is 12.1 Å². The second-order valence-electron chi connectivity index (χ2n) is 8.81. The minimum Gasteiger partial charge on any atom is -0.467 e. The van der Waals surface area contributed by atoms with Crippen LogP contribution in [0.2, 0.25) is 0 Å². The van der Waals surface area contributed by atoms with Crippen molar-refractivity contribution in [2.75, 3.05) is 20.2 Å². The summed E-state index contributed by atoms with van der Waals surface area (Å²) < 4.78 is 23.1. The van der Waals surface area contributed by atoms with Crippen LogP contribution in [0.15, 0.2) is 11.8 Å². The van der Waals surface area contributed by atoms with Gasteiger partial charge < -0.3 is 62.5 Å². The van der Waals surface area contributed by atoms with Crippen molar-refractivity contribution in [1.29, 1.82) is 0 Å². The number of aliphatic hydroxyl groups is 3. The van der Waals surface area contributed by atoms with Gasteiger partial charge in [0.25, 0.3) is 0 Å². The average molecular weight is 448 g/mol. The molecule has 0 amide bonds. The maximum Gasteiger partial charge on any atom is 0.215 e. The molecule has 11 atom stereocenters. The van der Waals surface area contributed by atoms with Crippen molar-refractivity contribution in [3.8, 4) is 0 Å². The largest absolute Gasteiger partial charge is 0.467 e. The van der Waals surface area contributed by atoms with E-state index >= 15 is 0 Å². The Kier molecular flexibility index (Phi) is 7.92. The van der Waals surface area contributed by atoms with Crippen LogP contribution in [-0.2, 0) is 18.9 Å². The molecule has 0 aromatic heterocycles. The molecule has 31 heavy (non-hydrogen) atoms. The fourth-order valence-corrected chi connectivity index (χ4v) is 4.44. The highest BCUT2D eigenvalue weighted by Crippen LogP contribution is 2.31. The Hall–Kier alpha value is -0.900. The number of ether oxygens (including phenoxy) is 4. The molecule has 12 nitrogen and oxygen atoms in total. The van der Waals surface area contributed by atoms with Gasteiger partial charge in [0.2, 0.25) is 6.29 Å². The van der Waals surface area contributed by atoms with E-state index in [-0.39, 0.29) is 13.2 Å². The van der Waals surface area contributed by atoms with Gasteiger partial charge in [-0.3, -0.25) is 0 Å². The third-order valence-electron chi connectivity index (χ3n) is 6.22. The molecule has 3 rings (SSSR count). The molecule has 180 valence electrons. The first-order chi connectivity index (χ1) is 14.6. The molecule has 0 spiro atoms. The van der Waals surface area contributed by atoms with E-state index in [4.69, 9.17) is 41.9 Å². The fourth-order valence-electron chi connectivity index (χ4n) is 4.44. The second-order valence-corrected chi connectivity index (χ2v) is 8.81. The smallest absolute Gasteiger partial charge is 0.215 e. The average Bonchev–Trinajstić information content (AvgIpc) is 2.71. The van der Waals surface area contributed by atoms with Crippen molar-refractivity contribution in [1.82, 2.24) is 5.32 Å². The van der Waals surface area contributed by atoms with E-state index < -0.39 is 66.8 Å². The van der Waals surface area contributed by atoms with Crippen molar-refractivity contribution in [3.63, 3.8) is 0 Å². The molecule has 4 unspecified atom stereocenters. The molecule has 2 heterocycles. The molecule has 0 aromatic rings. The highest BCUT2D eigenvalue weighted by Gasteiger charge is 2.50. The Morgan fingerprint density at radius 2 is 1.71 bits per heavy atom. The number of nitrogens with two attached hydrogens (primary N) is 4. The summed E-state index contributed by atoms with van der Waals surface area (Å²) in [6.45, 7) is 1.68. The summed E-state index contributed by atoms with van der Waals surface area (Å²) in [5.74, 6) is 0.555. The van der Waals surface area contributed by atoms with Crippen LogP contribution < -0.4 is 28.3 Å². The Labute approximate surface area is 181 Å². The van der Waals surface area contributed by atoms with Crippen molar-refractivity contribution in [2.45, 2.75) is 86.5 Å². The Morgan fingerprint density at radius 1 is 1.10 bits per heavy atom. The van der Waals surface area contributed by atoms with Crippen LogP contribution >= 0.6 is 0 Å². The van der Waals surface area contributed by atoms with Crippen LogP contribution in [0.3, 0.4) is 0 Å². The van der Waals surface area contributed by atoms with Crippen molar-refractivity contribution in [2.24, 2.45) is 22.9 Å². The van der Waals surface area contributed by atoms with E-state index in [1.165, 1.54) is 0 Å². The monoisotopic (exact) mass is 447 g/mol. The third-order valence-corrected chi connectivity index (χ3v) is 6.22. The SMILES string of the molecule is CN[C@@H]1C(O)[C@@H](OC2C(O)[C@H](O[C@H]3OC(CN)=CCC3N)[C@H](N)C[C@H]2N)OC[C@]1(C)O. The predicted molar refractivity (Wildman–Crippen MR) is 110 cm³/mol. The van der Waals surface area contributed by atoms with Crippen LogP contribution in [0, 0.1) is 0 Å². The minimum absolute atomic E-state index is 0.0727. The Balaban J connectivity index is 1.69.